The van der Waals surface area contributed by atoms with Crippen LogP contribution in [0.5, 0.6) is 0 Å². The fourth-order valence-corrected chi connectivity index (χ4v) is 6.08. The molecule has 0 saturated heterocycles. The van der Waals surface area contributed by atoms with E-state index in [1.54, 1.807) is 0 Å². The second-order valence-corrected chi connectivity index (χ2v) is 12.5. The minimum atomic E-state index is -3.77. The van der Waals surface area contributed by atoms with E-state index in [0.29, 0.717) is 12.1 Å². The Kier molecular flexibility index (Phi) is 7.18. The van der Waals surface area contributed by atoms with Crippen molar-refractivity contribution in [2.24, 2.45) is 7.05 Å². The van der Waals surface area contributed by atoms with Gasteiger partial charge < -0.3 is 0 Å². The molecule has 0 aliphatic carbocycles. The molecule has 206 valence electrons. The molecule has 1 N–H and O–H groups in total. The summed E-state index contributed by atoms with van der Waals surface area (Å²) in [6.45, 7) is 0. The van der Waals surface area contributed by atoms with Crippen LogP contribution in [0, 0.1) is 23.3 Å². The van der Waals surface area contributed by atoms with Gasteiger partial charge in [-0.15, -0.1) is 0 Å². The van der Waals surface area contributed by atoms with Crippen LogP contribution in [0.3, 0.4) is 0 Å². The second-order valence-electron chi connectivity index (χ2n) is 9.03. The van der Waals surface area contributed by atoms with E-state index in [1.807, 2.05) is 0 Å². The van der Waals surface area contributed by atoms with Gasteiger partial charge in [-0.25, -0.2) is 0 Å². The van der Waals surface area contributed by atoms with E-state index in [2.05, 4.69) is 31.7 Å². The molecule has 1 unspecified atom stereocenters. The molecule has 15 heteroatoms. The zero-order chi connectivity index (χ0) is 29.1. The molecule has 3 aromatic carbocycles. The molecule has 0 aliphatic heterocycles. The number of nitrogens with one attached hydrogen (secondary N) is 1. The van der Waals surface area contributed by atoms with Gasteiger partial charge in [-0.2, -0.15) is 0 Å². The van der Waals surface area contributed by atoms with Crippen molar-refractivity contribution in [1.29, 1.82) is 0 Å². The van der Waals surface area contributed by atoms with E-state index in [9.17, 15) is 30.8 Å². The molecule has 5 rings (SSSR count). The number of fused-ring (bicyclic) bond motifs is 2. The van der Waals surface area contributed by atoms with Gasteiger partial charge in [-0.1, -0.05) is 0 Å². The van der Waals surface area contributed by atoms with Crippen LogP contribution in [-0.2, 0) is 23.5 Å². The topological polar surface area (TPSA) is 98.9 Å². The van der Waals surface area contributed by atoms with Crippen molar-refractivity contribution >= 4 is 66.1 Å². The molecule has 0 bridgehead atoms. The van der Waals surface area contributed by atoms with E-state index in [0.717, 1.165) is 29.0 Å². The number of aromatic nitrogens is 4. The van der Waals surface area contributed by atoms with E-state index in [-0.39, 0.29) is 50.8 Å². The maximum absolute atomic E-state index is 14.9. The Morgan fingerprint density at radius 1 is 1.02 bits per heavy atom. The summed E-state index contributed by atoms with van der Waals surface area (Å²) in [7, 11) is -2.29. The van der Waals surface area contributed by atoms with Crippen molar-refractivity contribution in [3.63, 3.8) is 0 Å². The number of benzene rings is 3. The fourth-order valence-electron chi connectivity index (χ4n) is 4.53. The Balaban J connectivity index is 1.84. The van der Waals surface area contributed by atoms with E-state index < -0.39 is 48.9 Å². The molecule has 0 saturated carbocycles. The molecule has 0 fully saturated rings. The average molecular weight is 654 g/mol. The molecule has 40 heavy (non-hydrogen) atoms. The van der Waals surface area contributed by atoms with Gasteiger partial charge in [-0.05, 0) is 0 Å². The SMILES string of the molecule is Cn1nc(NS(C)(=O)=O)c2c(Cl)ccc(-n3c(C([As])Cc4cc(F)cc(F)c4)nc4cc(F)cc(F)c4c3=O)c21. The average Bonchev–Trinajstić information content (AvgIpc) is 3.13. The molecule has 0 amide bonds. The van der Waals surface area contributed by atoms with Gasteiger partial charge >= 0.3 is 239 Å². The number of aryl methyl sites for hydroxylation is 1. The van der Waals surface area contributed by atoms with Gasteiger partial charge in [0.15, 0.2) is 0 Å². The number of anilines is 1. The number of halogens is 5. The van der Waals surface area contributed by atoms with Crippen molar-refractivity contribution in [3.05, 3.63) is 92.5 Å². The summed E-state index contributed by atoms with van der Waals surface area (Å²) in [5.41, 5.74) is -0.611. The summed E-state index contributed by atoms with van der Waals surface area (Å²) in [6, 6.07) is 7.27. The number of sulfonamides is 1. The number of nitrogens with zero attached hydrogens (tertiary/aromatic N) is 4. The first-order valence-electron chi connectivity index (χ1n) is 11.4. The third-order valence-electron chi connectivity index (χ3n) is 6.00. The summed E-state index contributed by atoms with van der Waals surface area (Å²) in [5, 5.41) is 3.96. The monoisotopic (exact) mass is 653 g/mol. The Morgan fingerprint density at radius 2 is 1.68 bits per heavy atom. The summed E-state index contributed by atoms with van der Waals surface area (Å²) in [5.74, 6) is -3.81. The van der Waals surface area contributed by atoms with Crippen LogP contribution in [0.1, 0.15) is 16.1 Å². The van der Waals surface area contributed by atoms with Gasteiger partial charge in [0.1, 0.15) is 0 Å². The Hall–Kier alpha value is -3.41. The first-order chi connectivity index (χ1) is 18.7. The molecule has 2 heterocycles. The quantitative estimate of drug-likeness (QED) is 0.218. The third-order valence-corrected chi connectivity index (χ3v) is 7.75. The summed E-state index contributed by atoms with van der Waals surface area (Å²) < 4.78 is 84.6. The van der Waals surface area contributed by atoms with Crippen molar-refractivity contribution in [2.45, 2.75) is 11.1 Å². The molecule has 2 aromatic heterocycles. The Morgan fingerprint density at radius 3 is 2.33 bits per heavy atom. The predicted octanol–water partition coefficient (Wildman–Crippen LogP) is 4.31. The van der Waals surface area contributed by atoms with Crippen LogP contribution < -0.4 is 10.3 Å². The van der Waals surface area contributed by atoms with Crippen LogP contribution in [-0.4, -0.2) is 50.9 Å². The molecule has 5 aromatic rings. The van der Waals surface area contributed by atoms with Crippen LogP contribution >= 0.6 is 11.6 Å². The van der Waals surface area contributed by atoms with E-state index in [4.69, 9.17) is 11.6 Å². The van der Waals surface area contributed by atoms with Crippen LogP contribution in [0.25, 0.3) is 27.5 Å². The predicted molar refractivity (Wildman–Crippen MR) is 144 cm³/mol. The molecule has 0 spiro atoms. The van der Waals surface area contributed by atoms with Crippen LogP contribution in [0.15, 0.2) is 47.3 Å². The van der Waals surface area contributed by atoms with Crippen LogP contribution in [0.2, 0.25) is 5.02 Å². The summed E-state index contributed by atoms with van der Waals surface area (Å²) in [4.78, 5) is 18.3. The summed E-state index contributed by atoms with van der Waals surface area (Å²) >= 11 is 8.64. The molecule has 0 aliphatic rings. The Labute approximate surface area is 238 Å². The van der Waals surface area contributed by atoms with Gasteiger partial charge in [-0.3, -0.25) is 0 Å². The number of rotatable bonds is 6. The van der Waals surface area contributed by atoms with Crippen molar-refractivity contribution in [3.8, 4) is 5.69 Å². The Bertz CT molecular complexity index is 2000. The first kappa shape index (κ1) is 28.1. The van der Waals surface area contributed by atoms with Crippen molar-refractivity contribution < 1.29 is 26.0 Å². The van der Waals surface area contributed by atoms with E-state index >= 15 is 0 Å². The number of hydrogen-bond donors (Lipinski definition) is 1. The van der Waals surface area contributed by atoms with Crippen molar-refractivity contribution in [2.75, 3.05) is 11.0 Å². The molecule has 1 atom stereocenters. The third kappa shape index (κ3) is 5.20. The van der Waals surface area contributed by atoms with Crippen LogP contribution in [0.4, 0.5) is 23.4 Å². The molecule has 2 radical (unpaired) electrons. The molecular formula is C25H17AsClF4N5O3S. The van der Waals surface area contributed by atoms with Gasteiger partial charge in [0, 0.05) is 0 Å². The molecular weight excluding hydrogens is 637 g/mol. The fraction of sp³-hybridized carbons (Fsp3) is 0.160. The normalized spacial score (nSPS) is 12.8. The standard InChI is InChI=1S/C25H17AsClF4N5O3S/c1-35-22-19(4-3-16(27)20(22)23(33-35)34-40(2,38)39)36-24(15(26)7-11-5-12(28)8-13(29)6-11)32-18-10-14(30)9-17(31)21(18)25(36)37/h3-6,8-10,15H,7H2,1-2H3,(H,33,34). The maximum atomic E-state index is 14.9. The summed E-state index contributed by atoms with van der Waals surface area (Å²) in [6.07, 6.45) is 0.908. The van der Waals surface area contributed by atoms with Gasteiger partial charge in [0.05, 0.1) is 0 Å². The second kappa shape index (κ2) is 10.2. The number of hydrogen-bond acceptors (Lipinski definition) is 5. The van der Waals surface area contributed by atoms with E-state index in [1.165, 1.54) is 23.9 Å². The van der Waals surface area contributed by atoms with Crippen molar-refractivity contribution in [1.82, 2.24) is 19.3 Å². The van der Waals surface area contributed by atoms with Gasteiger partial charge in [0.25, 0.3) is 0 Å². The molecule has 8 nitrogen and oxygen atoms in total. The van der Waals surface area contributed by atoms with Gasteiger partial charge in [0.2, 0.25) is 0 Å². The zero-order valence-electron chi connectivity index (χ0n) is 20.6. The minimum absolute atomic E-state index is 0.00499. The zero-order valence-corrected chi connectivity index (χ0v) is 24.0. The first-order valence-corrected chi connectivity index (χ1v) is 14.8.